The number of nitrogens with one attached hydrogen (secondary N) is 1. The molecule has 15 heavy (non-hydrogen) atoms. The Morgan fingerprint density at radius 3 is 2.80 bits per heavy atom. The Balaban J connectivity index is 3.55. The number of likely N-dealkylation sites (N-methyl/N-ethyl adjacent to an activating group) is 1. The summed E-state index contributed by atoms with van der Waals surface area (Å²) in [6.07, 6.45) is 0.821. The molecule has 0 aromatic heterocycles. The van der Waals surface area contributed by atoms with Crippen molar-refractivity contribution in [2.75, 3.05) is 40.5 Å². The largest absolute Gasteiger partial charge is 0.395 e. The molecular formula is C10H22N2O3. The summed E-state index contributed by atoms with van der Waals surface area (Å²) in [5.74, 6) is -0.0195. The van der Waals surface area contributed by atoms with Crippen LogP contribution in [0.25, 0.3) is 0 Å². The molecule has 0 aromatic rings. The molecule has 0 aromatic carbocycles. The van der Waals surface area contributed by atoms with Gasteiger partial charge in [0.25, 0.3) is 0 Å². The quantitative estimate of drug-likeness (QED) is 0.537. The van der Waals surface area contributed by atoms with E-state index in [0.717, 1.165) is 6.42 Å². The first-order valence-corrected chi connectivity index (χ1v) is 5.18. The smallest absolute Gasteiger partial charge is 0.234 e. The first-order valence-electron chi connectivity index (χ1n) is 5.18. The van der Waals surface area contributed by atoms with Crippen LogP contribution in [-0.4, -0.2) is 62.4 Å². The van der Waals surface area contributed by atoms with Crippen molar-refractivity contribution in [2.24, 2.45) is 0 Å². The highest BCUT2D eigenvalue weighted by Crippen LogP contribution is 1.92. The lowest BCUT2D eigenvalue weighted by molar-refractivity contribution is -0.122. The first-order chi connectivity index (χ1) is 7.11. The molecule has 0 aliphatic heterocycles. The number of hydrogen-bond acceptors (Lipinski definition) is 4. The fourth-order valence-electron chi connectivity index (χ4n) is 1.02. The van der Waals surface area contributed by atoms with Gasteiger partial charge in [0.2, 0.25) is 5.91 Å². The number of ether oxygens (including phenoxy) is 1. The normalized spacial score (nSPS) is 12.9. The molecule has 1 amide bonds. The van der Waals surface area contributed by atoms with Crippen LogP contribution >= 0.6 is 0 Å². The monoisotopic (exact) mass is 218 g/mol. The van der Waals surface area contributed by atoms with E-state index in [9.17, 15) is 4.79 Å². The number of amides is 1. The topological polar surface area (TPSA) is 61.8 Å². The Kier molecular flexibility index (Phi) is 8.27. The van der Waals surface area contributed by atoms with Crippen molar-refractivity contribution < 1.29 is 14.6 Å². The number of rotatable bonds is 8. The zero-order valence-electron chi connectivity index (χ0n) is 9.82. The van der Waals surface area contributed by atoms with Crippen LogP contribution in [0.2, 0.25) is 0 Å². The number of methoxy groups -OCH3 is 1. The average molecular weight is 218 g/mol. The summed E-state index contributed by atoms with van der Waals surface area (Å²) in [4.78, 5) is 13.2. The molecule has 0 spiro atoms. The van der Waals surface area contributed by atoms with Crippen molar-refractivity contribution in [1.29, 1.82) is 0 Å². The molecule has 5 heteroatoms. The molecule has 0 radical (unpaired) electrons. The minimum Gasteiger partial charge on any atom is -0.395 e. The van der Waals surface area contributed by atoms with Gasteiger partial charge in [-0.1, -0.05) is 0 Å². The van der Waals surface area contributed by atoms with E-state index in [1.807, 2.05) is 18.9 Å². The van der Waals surface area contributed by atoms with Crippen LogP contribution in [0.4, 0.5) is 0 Å². The lowest BCUT2D eigenvalue weighted by Gasteiger charge is -2.21. The van der Waals surface area contributed by atoms with Gasteiger partial charge in [0.15, 0.2) is 0 Å². The maximum atomic E-state index is 11.4. The standard InChI is InChI=1S/C10H22N2O3/c1-9(8-13)12(2)7-10(14)11-5-4-6-15-3/h9,13H,4-8H2,1-3H3,(H,11,14). The third-order valence-electron chi connectivity index (χ3n) is 2.26. The van der Waals surface area contributed by atoms with Gasteiger partial charge in [-0.2, -0.15) is 0 Å². The fraction of sp³-hybridized carbons (Fsp3) is 0.900. The maximum Gasteiger partial charge on any atom is 0.234 e. The van der Waals surface area contributed by atoms with Crippen molar-refractivity contribution in [3.05, 3.63) is 0 Å². The predicted molar refractivity (Wildman–Crippen MR) is 58.7 cm³/mol. The summed E-state index contributed by atoms with van der Waals surface area (Å²) in [5.41, 5.74) is 0. The van der Waals surface area contributed by atoms with Gasteiger partial charge in [0, 0.05) is 26.3 Å². The van der Waals surface area contributed by atoms with E-state index in [2.05, 4.69) is 5.32 Å². The van der Waals surface area contributed by atoms with Crippen molar-refractivity contribution in [3.63, 3.8) is 0 Å². The fourth-order valence-corrected chi connectivity index (χ4v) is 1.02. The van der Waals surface area contributed by atoms with Crippen molar-refractivity contribution in [3.8, 4) is 0 Å². The predicted octanol–water partition coefficient (Wildman–Crippen LogP) is -0.548. The minimum absolute atomic E-state index is 0.00900. The Morgan fingerprint density at radius 1 is 1.60 bits per heavy atom. The second-order valence-corrected chi connectivity index (χ2v) is 3.64. The van der Waals surface area contributed by atoms with Crippen LogP contribution in [0.15, 0.2) is 0 Å². The SMILES string of the molecule is COCCCNC(=O)CN(C)C(C)CO. The number of aliphatic hydroxyl groups is 1. The van der Waals surface area contributed by atoms with Gasteiger partial charge >= 0.3 is 0 Å². The van der Waals surface area contributed by atoms with Crippen LogP contribution in [-0.2, 0) is 9.53 Å². The Hall–Kier alpha value is -0.650. The molecule has 0 fully saturated rings. The van der Waals surface area contributed by atoms with Crippen molar-refractivity contribution >= 4 is 5.91 Å². The number of carbonyl (C=O) groups is 1. The van der Waals surface area contributed by atoms with Crippen LogP contribution < -0.4 is 5.32 Å². The summed E-state index contributed by atoms with van der Waals surface area (Å²) < 4.78 is 4.87. The summed E-state index contributed by atoms with van der Waals surface area (Å²) in [6, 6.07) is 0.00900. The highest BCUT2D eigenvalue weighted by Gasteiger charge is 2.11. The third kappa shape index (κ3) is 7.30. The third-order valence-corrected chi connectivity index (χ3v) is 2.26. The molecule has 0 aliphatic rings. The van der Waals surface area contributed by atoms with Gasteiger partial charge in [0.05, 0.1) is 13.2 Å². The zero-order chi connectivity index (χ0) is 11.7. The molecule has 5 nitrogen and oxygen atoms in total. The van der Waals surface area contributed by atoms with Gasteiger partial charge < -0.3 is 15.2 Å². The van der Waals surface area contributed by atoms with E-state index in [1.165, 1.54) is 0 Å². The highest BCUT2D eigenvalue weighted by molar-refractivity contribution is 5.77. The molecule has 90 valence electrons. The summed E-state index contributed by atoms with van der Waals surface area (Å²) in [7, 11) is 3.45. The molecule has 0 rings (SSSR count). The van der Waals surface area contributed by atoms with Gasteiger partial charge in [-0.15, -0.1) is 0 Å². The first kappa shape index (κ1) is 14.3. The van der Waals surface area contributed by atoms with E-state index < -0.39 is 0 Å². The molecule has 0 aliphatic carbocycles. The molecule has 0 heterocycles. The van der Waals surface area contributed by atoms with Crippen molar-refractivity contribution in [1.82, 2.24) is 10.2 Å². The van der Waals surface area contributed by atoms with E-state index in [0.29, 0.717) is 19.7 Å². The Morgan fingerprint density at radius 2 is 2.27 bits per heavy atom. The molecule has 0 bridgehead atoms. The second kappa shape index (κ2) is 8.64. The number of aliphatic hydroxyl groups excluding tert-OH is 1. The molecule has 0 saturated heterocycles. The summed E-state index contributed by atoms with van der Waals surface area (Å²) in [6.45, 7) is 3.54. The average Bonchev–Trinajstić information content (AvgIpc) is 2.23. The molecule has 1 unspecified atom stereocenters. The minimum atomic E-state index is -0.0195. The van der Waals surface area contributed by atoms with E-state index >= 15 is 0 Å². The lowest BCUT2D eigenvalue weighted by atomic mass is 10.3. The Labute approximate surface area is 91.4 Å². The number of carbonyl (C=O) groups excluding carboxylic acids is 1. The maximum absolute atomic E-state index is 11.4. The summed E-state index contributed by atoms with van der Waals surface area (Å²) in [5, 5.41) is 11.7. The Bertz CT molecular complexity index is 176. The highest BCUT2D eigenvalue weighted by atomic mass is 16.5. The second-order valence-electron chi connectivity index (χ2n) is 3.64. The van der Waals surface area contributed by atoms with Gasteiger partial charge in [-0.3, -0.25) is 9.69 Å². The van der Waals surface area contributed by atoms with Crippen LogP contribution in [0, 0.1) is 0 Å². The lowest BCUT2D eigenvalue weighted by Crippen LogP contribution is -2.41. The van der Waals surface area contributed by atoms with Gasteiger partial charge in [-0.05, 0) is 20.4 Å². The van der Waals surface area contributed by atoms with Crippen LogP contribution in [0.1, 0.15) is 13.3 Å². The van der Waals surface area contributed by atoms with E-state index in [-0.39, 0.29) is 18.6 Å². The molecular weight excluding hydrogens is 196 g/mol. The van der Waals surface area contributed by atoms with Crippen LogP contribution in [0.3, 0.4) is 0 Å². The molecule has 2 N–H and O–H groups in total. The van der Waals surface area contributed by atoms with Gasteiger partial charge in [-0.25, -0.2) is 0 Å². The van der Waals surface area contributed by atoms with Crippen molar-refractivity contribution in [2.45, 2.75) is 19.4 Å². The summed E-state index contributed by atoms with van der Waals surface area (Å²) >= 11 is 0. The number of nitrogens with zero attached hydrogens (tertiary/aromatic N) is 1. The zero-order valence-corrected chi connectivity index (χ0v) is 9.82. The van der Waals surface area contributed by atoms with E-state index in [4.69, 9.17) is 9.84 Å². The van der Waals surface area contributed by atoms with Crippen LogP contribution in [0.5, 0.6) is 0 Å². The number of hydrogen-bond donors (Lipinski definition) is 2. The molecule has 0 saturated carbocycles. The molecule has 1 atom stereocenters. The van der Waals surface area contributed by atoms with E-state index in [1.54, 1.807) is 7.11 Å². The van der Waals surface area contributed by atoms with Gasteiger partial charge in [0.1, 0.15) is 0 Å².